The maximum absolute atomic E-state index is 10.3. The molecule has 2 N–H and O–H groups in total. The number of aliphatic hydroxyl groups excluding tert-OH is 1. The van der Waals surface area contributed by atoms with Gasteiger partial charge in [0.2, 0.25) is 0 Å². The minimum Gasteiger partial charge on any atom is -0.479 e. The molecule has 1 aliphatic heterocycles. The van der Waals surface area contributed by atoms with Gasteiger partial charge in [-0.3, -0.25) is 0 Å². The van der Waals surface area contributed by atoms with Crippen molar-refractivity contribution in [2.45, 2.75) is 19.1 Å². The topological polar surface area (TPSA) is 66.8 Å². The molecule has 4 heteroatoms. The smallest absolute Gasteiger partial charge is 0.333 e. The highest BCUT2D eigenvalue weighted by Gasteiger charge is 2.37. The quantitative estimate of drug-likeness (QED) is 0.521. The highest BCUT2D eigenvalue weighted by molar-refractivity contribution is 5.73. The molecular formula is C6H10O4. The summed E-state index contributed by atoms with van der Waals surface area (Å²) in [5.74, 6) is -1.29. The summed E-state index contributed by atoms with van der Waals surface area (Å²) < 4.78 is 4.79. The van der Waals surface area contributed by atoms with Crippen molar-refractivity contribution in [3.8, 4) is 0 Å². The van der Waals surface area contributed by atoms with Crippen LogP contribution in [0.15, 0.2) is 0 Å². The Morgan fingerprint density at radius 2 is 2.30 bits per heavy atom. The number of hydrogen-bond acceptors (Lipinski definition) is 3. The number of aliphatic hydroxyl groups is 1. The van der Waals surface area contributed by atoms with E-state index >= 15 is 0 Å². The SMILES string of the molecule is C[C@H]1C(C(=O)O)OC[C@H]1O. The number of carbonyl (C=O) groups is 1. The van der Waals surface area contributed by atoms with Gasteiger partial charge >= 0.3 is 5.97 Å². The number of hydrogen-bond donors (Lipinski definition) is 2. The van der Waals surface area contributed by atoms with Gasteiger partial charge in [0.15, 0.2) is 6.10 Å². The number of ether oxygens (including phenoxy) is 1. The molecular weight excluding hydrogens is 136 g/mol. The Hall–Kier alpha value is -0.610. The van der Waals surface area contributed by atoms with Gasteiger partial charge < -0.3 is 14.9 Å². The summed E-state index contributed by atoms with van der Waals surface area (Å²) in [5, 5.41) is 17.5. The highest BCUT2D eigenvalue weighted by Crippen LogP contribution is 2.20. The van der Waals surface area contributed by atoms with Crippen molar-refractivity contribution < 1.29 is 19.7 Å². The molecule has 1 heterocycles. The summed E-state index contributed by atoms with van der Waals surface area (Å²) in [6.45, 7) is 1.80. The van der Waals surface area contributed by atoms with E-state index in [-0.39, 0.29) is 12.5 Å². The summed E-state index contributed by atoms with van der Waals surface area (Å²) in [6.07, 6.45) is -1.45. The predicted octanol–water partition coefficient (Wildman–Crippen LogP) is -0.533. The van der Waals surface area contributed by atoms with E-state index < -0.39 is 18.2 Å². The van der Waals surface area contributed by atoms with E-state index in [1.54, 1.807) is 6.92 Å². The fourth-order valence-corrected chi connectivity index (χ4v) is 1.00. The first-order valence-electron chi connectivity index (χ1n) is 3.15. The third kappa shape index (κ3) is 1.12. The van der Waals surface area contributed by atoms with Crippen LogP contribution in [0.5, 0.6) is 0 Å². The van der Waals surface area contributed by atoms with Crippen molar-refractivity contribution in [2.75, 3.05) is 6.61 Å². The molecule has 1 aliphatic rings. The molecule has 10 heavy (non-hydrogen) atoms. The molecule has 0 saturated carbocycles. The first-order valence-corrected chi connectivity index (χ1v) is 3.15. The van der Waals surface area contributed by atoms with Crippen LogP contribution in [0.25, 0.3) is 0 Å². The second-order valence-corrected chi connectivity index (χ2v) is 2.52. The van der Waals surface area contributed by atoms with E-state index in [1.165, 1.54) is 0 Å². The molecule has 1 fully saturated rings. The highest BCUT2D eigenvalue weighted by atomic mass is 16.5. The van der Waals surface area contributed by atoms with Crippen molar-refractivity contribution >= 4 is 5.97 Å². The van der Waals surface area contributed by atoms with E-state index in [2.05, 4.69) is 0 Å². The normalized spacial score (nSPS) is 40.0. The average molecular weight is 146 g/mol. The molecule has 0 spiro atoms. The molecule has 0 bridgehead atoms. The lowest BCUT2D eigenvalue weighted by Crippen LogP contribution is -2.27. The maximum atomic E-state index is 10.3. The number of aliphatic carboxylic acids is 1. The number of carboxylic acid groups (broad SMARTS) is 1. The van der Waals surface area contributed by atoms with Crippen molar-refractivity contribution in [3.63, 3.8) is 0 Å². The molecule has 1 unspecified atom stereocenters. The molecule has 0 aromatic carbocycles. The van der Waals surface area contributed by atoms with E-state index in [9.17, 15) is 4.79 Å². The molecule has 3 atom stereocenters. The Morgan fingerprint density at radius 3 is 2.50 bits per heavy atom. The Bertz CT molecular complexity index is 145. The van der Waals surface area contributed by atoms with E-state index in [4.69, 9.17) is 14.9 Å². The zero-order valence-electron chi connectivity index (χ0n) is 5.65. The lowest BCUT2D eigenvalue weighted by molar-refractivity contribution is -0.148. The molecule has 0 aromatic heterocycles. The van der Waals surface area contributed by atoms with Crippen molar-refractivity contribution in [1.82, 2.24) is 0 Å². The van der Waals surface area contributed by atoms with Gasteiger partial charge in [-0.15, -0.1) is 0 Å². The van der Waals surface area contributed by atoms with Gasteiger partial charge in [-0.05, 0) is 0 Å². The lowest BCUT2D eigenvalue weighted by Gasteiger charge is -2.09. The third-order valence-electron chi connectivity index (χ3n) is 1.77. The Kier molecular flexibility index (Phi) is 1.92. The zero-order chi connectivity index (χ0) is 7.72. The first kappa shape index (κ1) is 7.50. The number of carboxylic acids is 1. The van der Waals surface area contributed by atoms with Crippen LogP contribution in [0.3, 0.4) is 0 Å². The summed E-state index contributed by atoms with van der Waals surface area (Å²) >= 11 is 0. The fraction of sp³-hybridized carbons (Fsp3) is 0.833. The second kappa shape index (κ2) is 2.56. The Balaban J connectivity index is 2.57. The van der Waals surface area contributed by atoms with Crippen LogP contribution in [0.1, 0.15) is 6.92 Å². The van der Waals surface area contributed by atoms with Crippen LogP contribution < -0.4 is 0 Å². The molecule has 1 rings (SSSR count). The van der Waals surface area contributed by atoms with Gasteiger partial charge in [0.1, 0.15) is 0 Å². The largest absolute Gasteiger partial charge is 0.479 e. The van der Waals surface area contributed by atoms with Gasteiger partial charge in [-0.2, -0.15) is 0 Å². The van der Waals surface area contributed by atoms with Crippen LogP contribution in [0, 0.1) is 5.92 Å². The summed E-state index contributed by atoms with van der Waals surface area (Å²) in [7, 11) is 0. The third-order valence-corrected chi connectivity index (χ3v) is 1.77. The van der Waals surface area contributed by atoms with Crippen molar-refractivity contribution in [1.29, 1.82) is 0 Å². The van der Waals surface area contributed by atoms with Gasteiger partial charge in [0, 0.05) is 5.92 Å². The molecule has 0 amide bonds. The first-order chi connectivity index (χ1) is 4.63. The van der Waals surface area contributed by atoms with Gasteiger partial charge in [0.25, 0.3) is 0 Å². The van der Waals surface area contributed by atoms with Crippen LogP contribution in [-0.2, 0) is 9.53 Å². The van der Waals surface area contributed by atoms with Crippen LogP contribution in [0.4, 0.5) is 0 Å². The van der Waals surface area contributed by atoms with E-state index in [0.29, 0.717) is 0 Å². The Labute approximate surface area is 58.4 Å². The summed E-state index contributed by atoms with van der Waals surface area (Å²) in [4.78, 5) is 10.3. The molecule has 0 radical (unpaired) electrons. The lowest BCUT2D eigenvalue weighted by atomic mass is 10.0. The van der Waals surface area contributed by atoms with Crippen LogP contribution >= 0.6 is 0 Å². The molecule has 58 valence electrons. The standard InChI is InChI=1S/C6H10O4/c1-3-4(7)2-10-5(3)6(8)9/h3-5,7H,2H2,1H3,(H,8,9)/t3-,4-,5?/m1/s1. The van der Waals surface area contributed by atoms with Gasteiger partial charge in [-0.1, -0.05) is 6.92 Å². The maximum Gasteiger partial charge on any atom is 0.333 e. The van der Waals surface area contributed by atoms with Crippen LogP contribution in [0.2, 0.25) is 0 Å². The van der Waals surface area contributed by atoms with Gasteiger partial charge in [0.05, 0.1) is 12.7 Å². The Morgan fingerprint density at radius 1 is 1.70 bits per heavy atom. The predicted molar refractivity (Wildman–Crippen MR) is 32.5 cm³/mol. The molecule has 4 nitrogen and oxygen atoms in total. The molecule has 0 aromatic rings. The van der Waals surface area contributed by atoms with Crippen LogP contribution in [-0.4, -0.2) is 35.0 Å². The summed E-state index contributed by atoms with van der Waals surface area (Å²) in [6, 6.07) is 0. The molecule has 0 aliphatic carbocycles. The van der Waals surface area contributed by atoms with E-state index in [1.807, 2.05) is 0 Å². The zero-order valence-corrected chi connectivity index (χ0v) is 5.65. The number of rotatable bonds is 1. The molecule has 1 saturated heterocycles. The van der Waals surface area contributed by atoms with Crippen molar-refractivity contribution in [3.05, 3.63) is 0 Å². The second-order valence-electron chi connectivity index (χ2n) is 2.52. The average Bonchev–Trinajstić information content (AvgIpc) is 2.14. The van der Waals surface area contributed by atoms with E-state index in [0.717, 1.165) is 0 Å². The minimum atomic E-state index is -0.996. The minimum absolute atomic E-state index is 0.137. The van der Waals surface area contributed by atoms with Crippen molar-refractivity contribution in [2.24, 2.45) is 5.92 Å². The fourth-order valence-electron chi connectivity index (χ4n) is 1.00. The summed E-state index contributed by atoms with van der Waals surface area (Å²) in [5.41, 5.74) is 0. The van der Waals surface area contributed by atoms with Gasteiger partial charge in [-0.25, -0.2) is 4.79 Å². The monoisotopic (exact) mass is 146 g/mol.